The highest BCUT2D eigenvalue weighted by Crippen LogP contribution is 2.31. The summed E-state index contributed by atoms with van der Waals surface area (Å²) in [6, 6.07) is 5.82. The largest absolute Gasteiger partial charge is 0.481 e. The molecule has 0 saturated carbocycles. The first-order valence-corrected chi connectivity index (χ1v) is 7.47. The molecular formula is C17H23NO2. The van der Waals surface area contributed by atoms with Crippen molar-refractivity contribution >= 4 is 11.4 Å². The molecule has 108 valence electrons. The highest BCUT2D eigenvalue weighted by atomic mass is 16.5. The maximum absolute atomic E-state index is 12.0. The number of hydrogen-bond acceptors (Lipinski definition) is 3. The molecule has 0 aliphatic heterocycles. The maximum atomic E-state index is 12.0. The Kier molecular flexibility index (Phi) is 5.33. The minimum atomic E-state index is 0.218. The van der Waals surface area contributed by atoms with Gasteiger partial charge in [-0.2, -0.15) is 0 Å². The fourth-order valence-corrected chi connectivity index (χ4v) is 2.62. The molecule has 1 aromatic heterocycles. The molecule has 1 unspecified atom stereocenters. The van der Waals surface area contributed by atoms with Crippen molar-refractivity contribution in [1.29, 1.82) is 0 Å². The second kappa shape index (κ2) is 7.22. The summed E-state index contributed by atoms with van der Waals surface area (Å²) in [7, 11) is 1.63. The lowest BCUT2D eigenvalue weighted by Crippen LogP contribution is -2.16. The van der Waals surface area contributed by atoms with Gasteiger partial charge in [0.15, 0.2) is 0 Å². The molecule has 2 rings (SSSR count). The number of ketones is 1. The molecule has 0 N–H and O–H groups in total. The van der Waals surface area contributed by atoms with Crippen LogP contribution >= 0.6 is 0 Å². The van der Waals surface area contributed by atoms with Gasteiger partial charge in [-0.15, -0.1) is 0 Å². The van der Waals surface area contributed by atoms with Crippen LogP contribution in [0.3, 0.4) is 0 Å². The van der Waals surface area contributed by atoms with E-state index in [9.17, 15) is 4.79 Å². The van der Waals surface area contributed by atoms with Gasteiger partial charge in [-0.05, 0) is 37.3 Å². The van der Waals surface area contributed by atoms with E-state index >= 15 is 0 Å². The van der Waals surface area contributed by atoms with Crippen LogP contribution in [0.5, 0.6) is 5.88 Å². The van der Waals surface area contributed by atoms with Crippen LogP contribution in [0.2, 0.25) is 0 Å². The van der Waals surface area contributed by atoms with Crippen molar-refractivity contribution in [3.05, 3.63) is 30.0 Å². The summed E-state index contributed by atoms with van der Waals surface area (Å²) >= 11 is 0. The van der Waals surface area contributed by atoms with E-state index < -0.39 is 0 Å². The summed E-state index contributed by atoms with van der Waals surface area (Å²) in [5.41, 5.74) is 2.22. The summed E-state index contributed by atoms with van der Waals surface area (Å²) in [4.78, 5) is 16.5. The van der Waals surface area contributed by atoms with Crippen LogP contribution in [-0.4, -0.2) is 17.9 Å². The van der Waals surface area contributed by atoms with Crippen LogP contribution < -0.4 is 4.74 Å². The van der Waals surface area contributed by atoms with Crippen molar-refractivity contribution in [1.82, 2.24) is 4.98 Å². The van der Waals surface area contributed by atoms with E-state index in [-0.39, 0.29) is 5.92 Å². The van der Waals surface area contributed by atoms with Crippen molar-refractivity contribution < 1.29 is 9.53 Å². The smallest absolute Gasteiger partial charge is 0.213 e. The maximum Gasteiger partial charge on any atom is 0.213 e. The minimum absolute atomic E-state index is 0.218. The number of carbonyl (C=O) groups excluding carboxylic acids is 1. The first kappa shape index (κ1) is 14.8. The van der Waals surface area contributed by atoms with Crippen LogP contribution in [0.25, 0.3) is 5.57 Å². The SMILES string of the molecule is CCCCC(=O)C1CC=C(c2cccc(OC)n2)CC1. The minimum Gasteiger partial charge on any atom is -0.481 e. The Labute approximate surface area is 121 Å². The Bertz CT molecular complexity index is 494. The van der Waals surface area contributed by atoms with Gasteiger partial charge in [0.25, 0.3) is 0 Å². The highest BCUT2D eigenvalue weighted by molar-refractivity contribution is 5.82. The molecule has 20 heavy (non-hydrogen) atoms. The molecule has 0 saturated heterocycles. The fourth-order valence-electron chi connectivity index (χ4n) is 2.62. The standard InChI is InChI=1S/C17H23NO2/c1-3-4-7-16(19)14-11-9-13(10-12-14)15-6-5-8-17(18-15)20-2/h5-6,8-9,14H,3-4,7,10-12H2,1-2H3. The lowest BCUT2D eigenvalue weighted by atomic mass is 9.84. The van der Waals surface area contributed by atoms with Gasteiger partial charge in [0.1, 0.15) is 5.78 Å². The molecule has 1 atom stereocenters. The summed E-state index contributed by atoms with van der Waals surface area (Å²) < 4.78 is 5.16. The quantitative estimate of drug-likeness (QED) is 0.785. The molecule has 1 aliphatic rings. The molecule has 0 bridgehead atoms. The summed E-state index contributed by atoms with van der Waals surface area (Å²) in [5, 5.41) is 0. The number of unbranched alkanes of at least 4 members (excludes halogenated alkanes) is 1. The summed E-state index contributed by atoms with van der Waals surface area (Å²) in [6.45, 7) is 2.13. The predicted molar refractivity (Wildman–Crippen MR) is 80.6 cm³/mol. The van der Waals surface area contributed by atoms with E-state index in [1.165, 1.54) is 5.57 Å². The Hall–Kier alpha value is -1.64. The highest BCUT2D eigenvalue weighted by Gasteiger charge is 2.21. The average molecular weight is 273 g/mol. The lowest BCUT2D eigenvalue weighted by Gasteiger charge is -2.20. The van der Waals surface area contributed by atoms with Crippen LogP contribution in [0.15, 0.2) is 24.3 Å². The molecule has 0 amide bonds. The number of nitrogens with zero attached hydrogens (tertiary/aromatic N) is 1. The van der Waals surface area contributed by atoms with Gasteiger partial charge >= 0.3 is 0 Å². The number of hydrogen-bond donors (Lipinski definition) is 0. The second-order valence-corrected chi connectivity index (χ2v) is 5.34. The predicted octanol–water partition coefficient (Wildman–Crippen LogP) is 4.03. The number of allylic oxidation sites excluding steroid dienone is 2. The Morgan fingerprint density at radius 3 is 2.95 bits per heavy atom. The first-order valence-electron chi connectivity index (χ1n) is 7.47. The normalized spacial score (nSPS) is 18.5. The number of aromatic nitrogens is 1. The molecule has 0 spiro atoms. The average Bonchev–Trinajstić information content (AvgIpc) is 2.52. The molecule has 1 heterocycles. The first-order chi connectivity index (χ1) is 9.74. The number of ether oxygens (including phenoxy) is 1. The molecule has 0 aromatic carbocycles. The topological polar surface area (TPSA) is 39.2 Å². The number of carbonyl (C=O) groups is 1. The van der Waals surface area contributed by atoms with E-state index in [0.29, 0.717) is 11.7 Å². The zero-order valence-corrected chi connectivity index (χ0v) is 12.4. The third-order valence-corrected chi connectivity index (χ3v) is 3.90. The van der Waals surface area contributed by atoms with Gasteiger partial charge in [0.2, 0.25) is 5.88 Å². The van der Waals surface area contributed by atoms with Gasteiger partial charge in [0, 0.05) is 18.4 Å². The monoisotopic (exact) mass is 273 g/mol. The third-order valence-electron chi connectivity index (χ3n) is 3.90. The Balaban J connectivity index is 1.99. The van der Waals surface area contributed by atoms with Crippen LogP contribution in [0.1, 0.15) is 51.1 Å². The number of rotatable bonds is 6. The zero-order valence-electron chi connectivity index (χ0n) is 12.4. The molecule has 3 nitrogen and oxygen atoms in total. The molecular weight excluding hydrogens is 250 g/mol. The van der Waals surface area contributed by atoms with Gasteiger partial charge in [-0.1, -0.05) is 25.5 Å². The van der Waals surface area contributed by atoms with E-state index in [1.807, 2.05) is 18.2 Å². The van der Waals surface area contributed by atoms with Crippen LogP contribution in [0, 0.1) is 5.92 Å². The zero-order chi connectivity index (χ0) is 14.4. The Morgan fingerprint density at radius 2 is 2.30 bits per heavy atom. The van der Waals surface area contributed by atoms with Gasteiger partial charge in [-0.3, -0.25) is 4.79 Å². The third kappa shape index (κ3) is 3.69. The molecule has 3 heteroatoms. The van der Waals surface area contributed by atoms with E-state index in [0.717, 1.165) is 44.2 Å². The van der Waals surface area contributed by atoms with Crippen LogP contribution in [-0.2, 0) is 4.79 Å². The summed E-state index contributed by atoms with van der Waals surface area (Å²) in [6.07, 6.45) is 7.77. The van der Waals surface area contributed by atoms with Gasteiger partial charge in [-0.25, -0.2) is 4.98 Å². The number of pyridine rings is 1. The second-order valence-electron chi connectivity index (χ2n) is 5.34. The summed E-state index contributed by atoms with van der Waals surface area (Å²) in [5.74, 6) is 1.29. The number of methoxy groups -OCH3 is 1. The van der Waals surface area contributed by atoms with E-state index in [1.54, 1.807) is 7.11 Å². The number of Topliss-reactive ketones (excluding diaryl/α,β-unsaturated/α-hetero) is 1. The fraction of sp³-hybridized carbons (Fsp3) is 0.529. The van der Waals surface area contributed by atoms with Gasteiger partial charge in [0.05, 0.1) is 12.8 Å². The van der Waals surface area contributed by atoms with Crippen molar-refractivity contribution in [3.63, 3.8) is 0 Å². The Morgan fingerprint density at radius 1 is 1.45 bits per heavy atom. The lowest BCUT2D eigenvalue weighted by molar-refractivity contribution is -0.123. The molecule has 0 fully saturated rings. The van der Waals surface area contributed by atoms with E-state index in [2.05, 4.69) is 18.0 Å². The van der Waals surface area contributed by atoms with Crippen molar-refractivity contribution in [2.24, 2.45) is 5.92 Å². The van der Waals surface area contributed by atoms with Crippen molar-refractivity contribution in [3.8, 4) is 5.88 Å². The van der Waals surface area contributed by atoms with Crippen LogP contribution in [0.4, 0.5) is 0 Å². The molecule has 0 radical (unpaired) electrons. The molecule has 1 aliphatic carbocycles. The van der Waals surface area contributed by atoms with Crippen molar-refractivity contribution in [2.45, 2.75) is 45.4 Å². The van der Waals surface area contributed by atoms with Crippen molar-refractivity contribution in [2.75, 3.05) is 7.11 Å². The molecule has 1 aromatic rings. The van der Waals surface area contributed by atoms with Gasteiger partial charge < -0.3 is 4.74 Å². The van der Waals surface area contributed by atoms with E-state index in [4.69, 9.17) is 4.74 Å².